The van der Waals surface area contributed by atoms with Gasteiger partial charge in [0.2, 0.25) is 0 Å². The largest absolute Gasteiger partial charge is 0.465 e. The molecule has 4 rings (SSSR count). The number of aromatic nitrogens is 1. The predicted molar refractivity (Wildman–Crippen MR) is 136 cm³/mol. The Morgan fingerprint density at radius 2 is 1.86 bits per heavy atom. The molecular formula is C26H26N4O4S. The number of rotatable bonds is 9. The molecule has 9 heteroatoms. The number of thioether (sulfide) groups is 1. The molecule has 180 valence electrons. The van der Waals surface area contributed by atoms with Crippen LogP contribution in [0, 0.1) is 0 Å². The molecule has 1 aliphatic rings. The highest BCUT2D eigenvalue weighted by Gasteiger charge is 2.26. The first-order chi connectivity index (χ1) is 17.0. The van der Waals surface area contributed by atoms with E-state index in [9.17, 15) is 14.4 Å². The monoisotopic (exact) mass is 490 g/mol. The fourth-order valence-electron chi connectivity index (χ4n) is 3.73. The van der Waals surface area contributed by atoms with E-state index in [1.165, 1.54) is 11.8 Å². The third-order valence-corrected chi connectivity index (χ3v) is 6.83. The maximum Gasteiger partial charge on any atom is 0.319 e. The van der Waals surface area contributed by atoms with Crippen LogP contribution in [0.15, 0.2) is 67.0 Å². The van der Waals surface area contributed by atoms with Crippen LogP contribution in [0.2, 0.25) is 0 Å². The Kier molecular flexibility index (Phi) is 8.12. The van der Waals surface area contributed by atoms with Crippen molar-refractivity contribution in [2.24, 2.45) is 5.73 Å². The summed E-state index contributed by atoms with van der Waals surface area (Å²) in [6.45, 7) is 1.20. The first kappa shape index (κ1) is 24.4. The van der Waals surface area contributed by atoms with E-state index in [4.69, 9.17) is 10.5 Å². The summed E-state index contributed by atoms with van der Waals surface area (Å²) in [4.78, 5) is 41.0. The molecule has 0 bridgehead atoms. The molecule has 2 heterocycles. The molecular weight excluding hydrogens is 464 g/mol. The second-order valence-corrected chi connectivity index (χ2v) is 9.23. The van der Waals surface area contributed by atoms with Gasteiger partial charge in [-0.2, -0.15) is 0 Å². The van der Waals surface area contributed by atoms with Crippen LogP contribution >= 0.6 is 11.8 Å². The van der Waals surface area contributed by atoms with Crippen molar-refractivity contribution < 1.29 is 19.1 Å². The molecule has 1 unspecified atom stereocenters. The fraction of sp³-hybridized carbons (Fsp3) is 0.231. The Bertz CT molecular complexity index is 1220. The molecule has 2 aromatic carbocycles. The number of cyclic esters (lactones) is 1. The normalized spacial score (nSPS) is 14.9. The van der Waals surface area contributed by atoms with E-state index in [2.05, 4.69) is 15.6 Å². The highest BCUT2D eigenvalue weighted by molar-refractivity contribution is 8.00. The molecule has 4 N–H and O–H groups in total. The quantitative estimate of drug-likeness (QED) is 0.311. The number of amides is 2. The third-order valence-electron chi connectivity index (χ3n) is 5.56. The molecule has 0 radical (unpaired) electrons. The number of nitrogens with one attached hydrogen (secondary N) is 2. The van der Waals surface area contributed by atoms with Gasteiger partial charge in [-0.05, 0) is 53.1 Å². The Labute approximate surface area is 207 Å². The zero-order valence-corrected chi connectivity index (χ0v) is 19.8. The first-order valence-electron chi connectivity index (χ1n) is 11.3. The van der Waals surface area contributed by atoms with Gasteiger partial charge in [0.25, 0.3) is 11.8 Å². The van der Waals surface area contributed by atoms with E-state index in [-0.39, 0.29) is 23.0 Å². The number of hydrogen-bond donors (Lipinski definition) is 3. The summed E-state index contributed by atoms with van der Waals surface area (Å²) in [5, 5.41) is 5.60. The molecule has 35 heavy (non-hydrogen) atoms. The van der Waals surface area contributed by atoms with Gasteiger partial charge in [-0.25, -0.2) is 0 Å². The molecule has 1 saturated heterocycles. The van der Waals surface area contributed by atoms with Crippen LogP contribution in [-0.2, 0) is 16.1 Å². The van der Waals surface area contributed by atoms with E-state index in [0.29, 0.717) is 48.7 Å². The van der Waals surface area contributed by atoms with Gasteiger partial charge in [0.05, 0.1) is 6.61 Å². The summed E-state index contributed by atoms with van der Waals surface area (Å²) in [5.74, 6) is -0.0146. The van der Waals surface area contributed by atoms with Crippen LogP contribution in [0.4, 0.5) is 5.69 Å². The highest BCUT2D eigenvalue weighted by Crippen LogP contribution is 2.27. The lowest BCUT2D eigenvalue weighted by molar-refractivity contribution is -0.137. The second-order valence-electron chi connectivity index (χ2n) is 7.92. The molecule has 0 spiro atoms. The zero-order chi connectivity index (χ0) is 24.6. The molecule has 0 aliphatic carbocycles. The Hall–Kier alpha value is -3.69. The predicted octanol–water partition coefficient (Wildman–Crippen LogP) is 3.24. The lowest BCUT2D eigenvalue weighted by atomic mass is 9.95. The van der Waals surface area contributed by atoms with Gasteiger partial charge >= 0.3 is 5.97 Å². The molecule has 1 fully saturated rings. The number of carbonyl (C=O) groups is 3. The van der Waals surface area contributed by atoms with Crippen LogP contribution in [0.25, 0.3) is 11.1 Å². The average molecular weight is 491 g/mol. The van der Waals surface area contributed by atoms with Gasteiger partial charge in [0.15, 0.2) is 0 Å². The summed E-state index contributed by atoms with van der Waals surface area (Å²) in [7, 11) is 0. The van der Waals surface area contributed by atoms with Crippen LogP contribution in [0.1, 0.15) is 32.7 Å². The lowest BCUT2D eigenvalue weighted by Crippen LogP contribution is -2.26. The second kappa shape index (κ2) is 11.6. The van der Waals surface area contributed by atoms with Gasteiger partial charge in [0, 0.05) is 54.5 Å². The van der Waals surface area contributed by atoms with Gasteiger partial charge in [0.1, 0.15) is 5.25 Å². The van der Waals surface area contributed by atoms with Crippen molar-refractivity contribution in [1.29, 1.82) is 0 Å². The van der Waals surface area contributed by atoms with Crippen molar-refractivity contribution in [3.63, 3.8) is 0 Å². The number of nitrogens with zero attached hydrogens (tertiary/aromatic N) is 1. The number of pyridine rings is 1. The van der Waals surface area contributed by atoms with Gasteiger partial charge < -0.3 is 21.1 Å². The third kappa shape index (κ3) is 6.26. The minimum atomic E-state index is -0.251. The van der Waals surface area contributed by atoms with Crippen molar-refractivity contribution in [2.75, 3.05) is 24.2 Å². The Morgan fingerprint density at radius 3 is 2.60 bits per heavy atom. The number of esters is 1. The molecule has 3 aromatic rings. The molecule has 1 aromatic heterocycles. The summed E-state index contributed by atoms with van der Waals surface area (Å²) >= 11 is 1.49. The van der Waals surface area contributed by atoms with Crippen LogP contribution in [0.3, 0.4) is 0 Å². The van der Waals surface area contributed by atoms with Crippen molar-refractivity contribution in [3.8, 4) is 11.1 Å². The molecule has 8 nitrogen and oxygen atoms in total. The van der Waals surface area contributed by atoms with Gasteiger partial charge in [-0.15, -0.1) is 11.8 Å². The highest BCUT2D eigenvalue weighted by atomic mass is 32.2. The van der Waals surface area contributed by atoms with Gasteiger partial charge in [-0.1, -0.05) is 18.2 Å². The number of nitrogens with two attached hydrogens (primary N) is 1. The van der Waals surface area contributed by atoms with Crippen molar-refractivity contribution in [3.05, 3.63) is 83.7 Å². The summed E-state index contributed by atoms with van der Waals surface area (Å²) < 4.78 is 4.96. The number of anilines is 1. The van der Waals surface area contributed by atoms with Gasteiger partial charge in [-0.3, -0.25) is 19.4 Å². The Balaban J connectivity index is 1.45. The van der Waals surface area contributed by atoms with Crippen LogP contribution in [0.5, 0.6) is 0 Å². The van der Waals surface area contributed by atoms with E-state index >= 15 is 0 Å². The van der Waals surface area contributed by atoms with Crippen LogP contribution in [-0.4, -0.2) is 46.9 Å². The maximum absolute atomic E-state index is 12.8. The van der Waals surface area contributed by atoms with E-state index in [0.717, 1.165) is 16.7 Å². The number of benzene rings is 2. The zero-order valence-electron chi connectivity index (χ0n) is 19.0. The minimum Gasteiger partial charge on any atom is -0.465 e. The number of ether oxygens (including phenoxy) is 1. The molecule has 2 amide bonds. The van der Waals surface area contributed by atoms with E-state index in [1.807, 2.05) is 12.1 Å². The molecule has 0 saturated carbocycles. The number of hydrogen-bond acceptors (Lipinski definition) is 7. The van der Waals surface area contributed by atoms with E-state index < -0.39 is 0 Å². The Morgan fingerprint density at radius 1 is 1.06 bits per heavy atom. The average Bonchev–Trinajstić information content (AvgIpc) is 3.31. The van der Waals surface area contributed by atoms with Crippen molar-refractivity contribution in [1.82, 2.24) is 10.3 Å². The number of carbonyl (C=O) groups excluding carboxylic acids is 3. The molecule has 1 aliphatic heterocycles. The smallest absolute Gasteiger partial charge is 0.319 e. The molecule has 1 atom stereocenters. The fourth-order valence-corrected chi connectivity index (χ4v) is 4.70. The van der Waals surface area contributed by atoms with E-state index in [1.54, 1.807) is 54.9 Å². The topological polar surface area (TPSA) is 123 Å². The lowest BCUT2D eigenvalue weighted by Gasteiger charge is -2.13. The van der Waals surface area contributed by atoms with Crippen molar-refractivity contribution in [2.45, 2.75) is 18.2 Å². The standard InChI is InChI=1S/C26H26N4O4S/c27-16-20-5-4-19(25(32)30-21-6-9-28-10-7-21)15-22(20)17-2-1-3-18(14-17)24(31)29-11-13-35-23-8-12-34-26(23)33/h1-7,9-10,14-15,23H,8,11-13,16,27H2,(H,29,31)(H,28,30,32). The SMILES string of the molecule is NCc1ccc(C(=O)Nc2ccncc2)cc1-c1cccc(C(=O)NCCSC2CCOC2=O)c1. The van der Waals surface area contributed by atoms with Crippen molar-refractivity contribution >= 4 is 35.2 Å². The maximum atomic E-state index is 12.8. The summed E-state index contributed by atoms with van der Waals surface area (Å²) in [6.07, 6.45) is 3.93. The first-order valence-corrected chi connectivity index (χ1v) is 12.3. The van der Waals surface area contributed by atoms with Crippen LogP contribution < -0.4 is 16.4 Å². The summed E-state index contributed by atoms with van der Waals surface area (Å²) in [6, 6.07) is 16.0. The summed E-state index contributed by atoms with van der Waals surface area (Å²) in [5.41, 5.74) is 10.0. The minimum absolute atomic E-state index is 0.145.